The van der Waals surface area contributed by atoms with Crippen LogP contribution in [0.25, 0.3) is 0 Å². The van der Waals surface area contributed by atoms with E-state index in [-0.39, 0.29) is 18.1 Å². The fourth-order valence-electron chi connectivity index (χ4n) is 2.06. The van der Waals surface area contributed by atoms with Crippen LogP contribution in [0.3, 0.4) is 0 Å². The van der Waals surface area contributed by atoms with Crippen LogP contribution in [0.4, 0.5) is 0 Å². The highest BCUT2D eigenvalue weighted by atomic mass is 35.5. The lowest BCUT2D eigenvalue weighted by atomic mass is 10.2. The summed E-state index contributed by atoms with van der Waals surface area (Å²) in [5.41, 5.74) is 4.70. The molecule has 0 unspecified atom stereocenters. The maximum Gasteiger partial charge on any atom is 0.355 e. The molecule has 148 valence electrons. The Bertz CT molecular complexity index is 891. The van der Waals surface area contributed by atoms with E-state index in [1.54, 1.807) is 31.3 Å². The van der Waals surface area contributed by atoms with E-state index in [2.05, 4.69) is 10.9 Å². The number of hydrogen-bond acceptors (Lipinski definition) is 6. The predicted molar refractivity (Wildman–Crippen MR) is 98.9 cm³/mol. The number of aryl methyl sites for hydroxylation is 1. The normalized spacial score (nSPS) is 10.1. The lowest BCUT2D eigenvalue weighted by Gasteiger charge is -2.09. The molecule has 9 nitrogen and oxygen atoms in total. The second kappa shape index (κ2) is 9.56. The van der Waals surface area contributed by atoms with Gasteiger partial charge in [-0.25, -0.2) is 4.79 Å². The van der Waals surface area contributed by atoms with E-state index in [1.165, 1.54) is 23.8 Å². The molecule has 0 saturated carbocycles. The molecule has 0 fully saturated rings. The Balaban J connectivity index is 1.71. The van der Waals surface area contributed by atoms with Crippen LogP contribution in [0.5, 0.6) is 5.75 Å². The summed E-state index contributed by atoms with van der Waals surface area (Å²) in [5, 5.41) is 0.534. The highest BCUT2D eigenvalue weighted by Gasteiger charge is 2.16. The van der Waals surface area contributed by atoms with Gasteiger partial charge in [0.25, 0.3) is 11.8 Å². The monoisotopic (exact) mass is 407 g/mol. The van der Waals surface area contributed by atoms with Crippen molar-refractivity contribution in [2.75, 3.05) is 13.2 Å². The van der Waals surface area contributed by atoms with Gasteiger partial charge in [0.1, 0.15) is 11.4 Å². The smallest absolute Gasteiger partial charge is 0.355 e. The van der Waals surface area contributed by atoms with Gasteiger partial charge in [0.2, 0.25) is 0 Å². The van der Waals surface area contributed by atoms with Crippen molar-refractivity contribution < 1.29 is 28.7 Å². The van der Waals surface area contributed by atoms with Gasteiger partial charge in [-0.2, -0.15) is 0 Å². The van der Waals surface area contributed by atoms with E-state index in [0.29, 0.717) is 16.3 Å². The molecule has 0 atom stereocenters. The summed E-state index contributed by atoms with van der Waals surface area (Å²) in [4.78, 5) is 46.6. The minimum Gasteiger partial charge on any atom is -0.484 e. The number of ketones is 1. The van der Waals surface area contributed by atoms with Crippen LogP contribution in [-0.2, 0) is 21.4 Å². The molecule has 0 aliphatic heterocycles. The Morgan fingerprint density at radius 2 is 1.64 bits per heavy atom. The third kappa shape index (κ3) is 6.13. The summed E-state index contributed by atoms with van der Waals surface area (Å²) in [7, 11) is 1.57. The van der Waals surface area contributed by atoms with Crippen LogP contribution in [-0.4, -0.2) is 41.3 Å². The van der Waals surface area contributed by atoms with Crippen molar-refractivity contribution in [3.8, 4) is 5.75 Å². The summed E-state index contributed by atoms with van der Waals surface area (Å²) >= 11 is 5.74. The lowest BCUT2D eigenvalue weighted by molar-refractivity contribution is -0.131. The van der Waals surface area contributed by atoms with E-state index in [0.717, 1.165) is 0 Å². The molecule has 2 aromatic rings. The second-order valence-electron chi connectivity index (χ2n) is 5.70. The zero-order valence-corrected chi connectivity index (χ0v) is 15.9. The van der Waals surface area contributed by atoms with Crippen molar-refractivity contribution in [2.24, 2.45) is 7.05 Å². The van der Waals surface area contributed by atoms with Gasteiger partial charge >= 0.3 is 5.97 Å². The number of amides is 2. The zero-order chi connectivity index (χ0) is 20.7. The summed E-state index contributed by atoms with van der Waals surface area (Å²) in [5.74, 6) is -1.89. The number of hydrogen-bond donors (Lipinski definition) is 2. The summed E-state index contributed by atoms with van der Waals surface area (Å²) < 4.78 is 11.5. The molecule has 2 amide bonds. The Morgan fingerprint density at radius 3 is 2.21 bits per heavy atom. The average Bonchev–Trinajstić information content (AvgIpc) is 3.06. The quantitative estimate of drug-likeness (QED) is 0.405. The van der Waals surface area contributed by atoms with Gasteiger partial charge < -0.3 is 14.0 Å². The molecule has 0 spiro atoms. The third-order valence-electron chi connectivity index (χ3n) is 3.48. The van der Waals surface area contributed by atoms with Crippen LogP contribution in [0.15, 0.2) is 36.5 Å². The number of nitrogens with zero attached hydrogens (tertiary/aromatic N) is 1. The number of Topliss-reactive ketones (excluding diaryl/α,β-unsaturated/α-hetero) is 1. The van der Waals surface area contributed by atoms with Gasteiger partial charge in [0.05, 0.1) is 0 Å². The lowest BCUT2D eigenvalue weighted by Crippen LogP contribution is -2.45. The van der Waals surface area contributed by atoms with Crippen LogP contribution in [0, 0.1) is 0 Å². The zero-order valence-electron chi connectivity index (χ0n) is 15.2. The van der Waals surface area contributed by atoms with Gasteiger partial charge in [-0.05, 0) is 37.3 Å². The molecule has 2 N–H and O–H groups in total. The SMILES string of the molecule is CC(=O)c1cc(C(=O)OCC(=O)NNC(=O)COc2ccc(Cl)cc2)n(C)c1. The molecule has 1 aromatic carbocycles. The van der Waals surface area contributed by atoms with E-state index in [4.69, 9.17) is 21.1 Å². The van der Waals surface area contributed by atoms with Crippen molar-refractivity contribution in [1.82, 2.24) is 15.4 Å². The maximum atomic E-state index is 12.0. The van der Waals surface area contributed by atoms with Crippen molar-refractivity contribution in [2.45, 2.75) is 6.92 Å². The first-order valence-corrected chi connectivity index (χ1v) is 8.44. The van der Waals surface area contributed by atoms with Crippen molar-refractivity contribution in [3.63, 3.8) is 0 Å². The molecule has 1 aromatic heterocycles. The Morgan fingerprint density at radius 1 is 1.04 bits per heavy atom. The number of carbonyl (C=O) groups excluding carboxylic acids is 4. The van der Waals surface area contributed by atoms with E-state index < -0.39 is 24.4 Å². The number of aromatic nitrogens is 1. The molecule has 0 bridgehead atoms. The van der Waals surface area contributed by atoms with Gasteiger partial charge in [-0.1, -0.05) is 11.6 Å². The predicted octanol–water partition coefficient (Wildman–Crippen LogP) is 1.26. The second-order valence-corrected chi connectivity index (χ2v) is 6.13. The maximum absolute atomic E-state index is 12.0. The Labute approximate surface area is 165 Å². The van der Waals surface area contributed by atoms with E-state index in [1.807, 2.05) is 0 Å². The highest BCUT2D eigenvalue weighted by molar-refractivity contribution is 6.30. The molecule has 0 radical (unpaired) electrons. The molecule has 2 rings (SSSR count). The Kier molecular flexibility index (Phi) is 7.16. The number of benzene rings is 1. The van der Waals surface area contributed by atoms with Gasteiger partial charge in [0, 0.05) is 23.8 Å². The minimum atomic E-state index is -0.775. The minimum absolute atomic E-state index is 0.124. The van der Waals surface area contributed by atoms with Crippen molar-refractivity contribution in [1.29, 1.82) is 0 Å². The fourth-order valence-corrected chi connectivity index (χ4v) is 2.18. The topological polar surface area (TPSA) is 116 Å². The number of rotatable bonds is 7. The fraction of sp³-hybridized carbons (Fsp3) is 0.222. The molecule has 0 saturated heterocycles. The summed E-state index contributed by atoms with van der Waals surface area (Å²) in [6.45, 7) is 0.424. The van der Waals surface area contributed by atoms with E-state index >= 15 is 0 Å². The number of carbonyl (C=O) groups is 4. The first-order chi connectivity index (χ1) is 13.3. The molecule has 28 heavy (non-hydrogen) atoms. The average molecular weight is 408 g/mol. The van der Waals surface area contributed by atoms with E-state index in [9.17, 15) is 19.2 Å². The van der Waals surface area contributed by atoms with Crippen LogP contribution in [0.1, 0.15) is 27.8 Å². The van der Waals surface area contributed by atoms with Gasteiger partial charge in [-0.15, -0.1) is 0 Å². The largest absolute Gasteiger partial charge is 0.484 e. The number of ether oxygens (including phenoxy) is 2. The number of halogens is 1. The Hall–Kier alpha value is -3.33. The third-order valence-corrected chi connectivity index (χ3v) is 3.73. The standard InChI is InChI=1S/C18H18ClN3O6/c1-11(23)12-7-15(22(2)8-12)18(26)28-10-17(25)21-20-16(24)9-27-14-5-3-13(19)4-6-14/h3-8H,9-10H2,1-2H3,(H,20,24)(H,21,25). The van der Waals surface area contributed by atoms with Crippen LogP contribution in [0.2, 0.25) is 5.02 Å². The van der Waals surface area contributed by atoms with Crippen molar-refractivity contribution >= 4 is 35.2 Å². The number of esters is 1. The first kappa shape index (κ1) is 21.0. The molecular weight excluding hydrogens is 390 g/mol. The van der Waals surface area contributed by atoms with Crippen molar-refractivity contribution in [3.05, 3.63) is 52.8 Å². The van der Waals surface area contributed by atoms with Gasteiger partial charge in [0.15, 0.2) is 19.0 Å². The van der Waals surface area contributed by atoms with Crippen LogP contribution >= 0.6 is 11.6 Å². The molecule has 0 aliphatic rings. The van der Waals surface area contributed by atoms with Gasteiger partial charge in [-0.3, -0.25) is 25.2 Å². The number of hydrazine groups is 1. The molecule has 1 heterocycles. The molecule has 10 heteroatoms. The molecule has 0 aliphatic carbocycles. The summed E-state index contributed by atoms with van der Waals surface area (Å²) in [6, 6.07) is 7.77. The molecular formula is C18H18ClN3O6. The highest BCUT2D eigenvalue weighted by Crippen LogP contribution is 2.15. The first-order valence-electron chi connectivity index (χ1n) is 8.06. The summed E-state index contributed by atoms with van der Waals surface area (Å²) in [6.07, 6.45) is 1.49. The van der Waals surface area contributed by atoms with Crippen LogP contribution < -0.4 is 15.6 Å². The number of nitrogens with one attached hydrogen (secondary N) is 2.